The van der Waals surface area contributed by atoms with Gasteiger partial charge in [-0.15, -0.1) is 10.2 Å². The van der Waals surface area contributed by atoms with Crippen molar-refractivity contribution in [1.29, 1.82) is 0 Å². The molecule has 6 nitrogen and oxygen atoms in total. The number of aromatic nitrogens is 2. The summed E-state index contributed by atoms with van der Waals surface area (Å²) in [6.45, 7) is 5.60. The first-order valence-corrected chi connectivity index (χ1v) is 9.91. The lowest BCUT2D eigenvalue weighted by atomic mass is 10.0. The van der Waals surface area contributed by atoms with Gasteiger partial charge >= 0.3 is 0 Å². The fourth-order valence-electron chi connectivity index (χ4n) is 2.74. The van der Waals surface area contributed by atoms with Crippen LogP contribution in [-0.2, 0) is 9.53 Å². The number of ether oxygens (including phenoxy) is 2. The van der Waals surface area contributed by atoms with E-state index in [2.05, 4.69) is 41.5 Å². The molecule has 1 aliphatic heterocycles. The van der Waals surface area contributed by atoms with Gasteiger partial charge in [-0.2, -0.15) is 0 Å². The molecular weight excluding hydrogens is 350 g/mol. The Kier molecular flexibility index (Phi) is 6.57. The van der Waals surface area contributed by atoms with Crippen LogP contribution in [0.2, 0.25) is 0 Å². The van der Waals surface area contributed by atoms with Crippen molar-refractivity contribution in [3.63, 3.8) is 0 Å². The van der Waals surface area contributed by atoms with Crippen molar-refractivity contribution in [2.24, 2.45) is 0 Å². The zero-order valence-electron chi connectivity index (χ0n) is 15.2. The lowest BCUT2D eigenvalue weighted by Gasteiger charge is -2.08. The van der Waals surface area contributed by atoms with E-state index >= 15 is 0 Å². The number of hydrogen-bond acceptors (Lipinski definition) is 6. The molecule has 1 atom stereocenters. The molecule has 1 fully saturated rings. The van der Waals surface area contributed by atoms with Crippen LogP contribution in [0.25, 0.3) is 0 Å². The molecule has 0 bridgehead atoms. The second kappa shape index (κ2) is 9.09. The molecule has 3 rings (SSSR count). The van der Waals surface area contributed by atoms with Crippen molar-refractivity contribution in [3.8, 4) is 5.75 Å². The summed E-state index contributed by atoms with van der Waals surface area (Å²) < 4.78 is 11.3. The summed E-state index contributed by atoms with van der Waals surface area (Å²) in [5.41, 5.74) is 1.29. The van der Waals surface area contributed by atoms with Crippen molar-refractivity contribution in [1.82, 2.24) is 10.2 Å². The standard InChI is InChI=1S/C19H25N3O3S/c1-13(2)14-7-9-15(10-8-14)24-11-4-6-17(23)20-19-22-21-18(26-19)16-5-3-12-25-16/h7-10,13,16H,3-6,11-12H2,1-2H3,(H,20,22,23)/t16-/m1/s1. The molecule has 1 aromatic heterocycles. The first kappa shape index (κ1) is 18.8. The smallest absolute Gasteiger partial charge is 0.226 e. The summed E-state index contributed by atoms with van der Waals surface area (Å²) in [6.07, 6.45) is 3.09. The minimum Gasteiger partial charge on any atom is -0.494 e. The van der Waals surface area contributed by atoms with Gasteiger partial charge in [-0.05, 0) is 42.9 Å². The van der Waals surface area contributed by atoms with Gasteiger partial charge in [0, 0.05) is 13.0 Å². The van der Waals surface area contributed by atoms with E-state index in [0.29, 0.717) is 30.5 Å². The van der Waals surface area contributed by atoms with E-state index in [9.17, 15) is 4.79 Å². The van der Waals surface area contributed by atoms with Crippen LogP contribution in [-0.4, -0.2) is 29.3 Å². The van der Waals surface area contributed by atoms with Gasteiger partial charge in [0.25, 0.3) is 0 Å². The van der Waals surface area contributed by atoms with Gasteiger partial charge in [0.05, 0.1) is 6.61 Å². The van der Waals surface area contributed by atoms with E-state index in [-0.39, 0.29) is 12.0 Å². The van der Waals surface area contributed by atoms with Gasteiger partial charge in [-0.25, -0.2) is 0 Å². The second-order valence-corrected chi connectivity index (χ2v) is 7.68. The number of anilines is 1. The predicted molar refractivity (Wildman–Crippen MR) is 102 cm³/mol. The van der Waals surface area contributed by atoms with E-state index in [0.717, 1.165) is 30.2 Å². The number of carbonyl (C=O) groups is 1. The van der Waals surface area contributed by atoms with Gasteiger partial charge in [-0.1, -0.05) is 37.3 Å². The zero-order valence-corrected chi connectivity index (χ0v) is 16.1. The van der Waals surface area contributed by atoms with Crippen LogP contribution in [0.3, 0.4) is 0 Å². The monoisotopic (exact) mass is 375 g/mol. The Bertz CT molecular complexity index is 709. The Labute approximate surface area is 157 Å². The first-order valence-electron chi connectivity index (χ1n) is 9.09. The zero-order chi connectivity index (χ0) is 18.4. The SMILES string of the molecule is CC(C)c1ccc(OCCCC(=O)Nc2nnc([C@H]3CCCO3)s2)cc1. The molecule has 0 spiro atoms. The third kappa shape index (κ3) is 5.25. The average Bonchev–Trinajstić information content (AvgIpc) is 3.30. The molecule has 1 N–H and O–H groups in total. The summed E-state index contributed by atoms with van der Waals surface area (Å²) >= 11 is 1.39. The summed E-state index contributed by atoms with van der Waals surface area (Å²) in [5, 5.41) is 12.3. The highest BCUT2D eigenvalue weighted by Crippen LogP contribution is 2.31. The Morgan fingerprint density at radius 1 is 1.35 bits per heavy atom. The maximum Gasteiger partial charge on any atom is 0.226 e. The highest BCUT2D eigenvalue weighted by molar-refractivity contribution is 7.15. The summed E-state index contributed by atoms with van der Waals surface area (Å²) in [4.78, 5) is 12.0. The number of rotatable bonds is 8. The molecule has 1 saturated heterocycles. The van der Waals surface area contributed by atoms with Crippen LogP contribution in [0.15, 0.2) is 24.3 Å². The number of carbonyl (C=O) groups excluding carboxylic acids is 1. The van der Waals surface area contributed by atoms with Crippen LogP contribution in [0.4, 0.5) is 5.13 Å². The van der Waals surface area contributed by atoms with Gasteiger partial charge < -0.3 is 14.8 Å². The Hall–Kier alpha value is -1.99. The van der Waals surface area contributed by atoms with E-state index in [1.165, 1.54) is 16.9 Å². The van der Waals surface area contributed by atoms with E-state index in [4.69, 9.17) is 9.47 Å². The van der Waals surface area contributed by atoms with Gasteiger partial charge in [0.2, 0.25) is 11.0 Å². The number of benzene rings is 1. The summed E-state index contributed by atoms with van der Waals surface area (Å²) in [7, 11) is 0. The molecule has 1 aromatic carbocycles. The summed E-state index contributed by atoms with van der Waals surface area (Å²) in [6, 6.07) is 8.11. The highest BCUT2D eigenvalue weighted by Gasteiger charge is 2.22. The van der Waals surface area contributed by atoms with E-state index in [1.807, 2.05) is 12.1 Å². The van der Waals surface area contributed by atoms with Crippen molar-refractivity contribution in [2.75, 3.05) is 18.5 Å². The molecule has 0 aliphatic carbocycles. The minimum absolute atomic E-state index is 0.0358. The van der Waals surface area contributed by atoms with Crippen molar-refractivity contribution in [3.05, 3.63) is 34.8 Å². The molecule has 2 aromatic rings. The number of nitrogens with zero attached hydrogens (tertiary/aromatic N) is 2. The molecule has 26 heavy (non-hydrogen) atoms. The molecular formula is C19H25N3O3S. The highest BCUT2D eigenvalue weighted by atomic mass is 32.1. The molecule has 0 saturated carbocycles. The van der Waals surface area contributed by atoms with Gasteiger partial charge in [-0.3, -0.25) is 4.79 Å². The molecule has 1 amide bonds. The van der Waals surface area contributed by atoms with Crippen molar-refractivity contribution in [2.45, 2.75) is 51.6 Å². The van der Waals surface area contributed by atoms with E-state index in [1.54, 1.807) is 0 Å². The largest absolute Gasteiger partial charge is 0.494 e. The number of hydrogen-bond donors (Lipinski definition) is 1. The molecule has 0 unspecified atom stereocenters. The number of nitrogens with one attached hydrogen (secondary N) is 1. The Balaban J connectivity index is 1.36. The second-order valence-electron chi connectivity index (χ2n) is 6.67. The average molecular weight is 375 g/mol. The molecule has 140 valence electrons. The minimum atomic E-state index is -0.0706. The number of amides is 1. The van der Waals surface area contributed by atoms with Crippen LogP contribution < -0.4 is 10.1 Å². The third-order valence-corrected chi connectivity index (χ3v) is 5.19. The topological polar surface area (TPSA) is 73.3 Å². The lowest BCUT2D eigenvalue weighted by molar-refractivity contribution is -0.116. The van der Waals surface area contributed by atoms with Gasteiger partial charge in [0.1, 0.15) is 16.9 Å². The quantitative estimate of drug-likeness (QED) is 0.696. The predicted octanol–water partition coefficient (Wildman–Crippen LogP) is 4.31. The van der Waals surface area contributed by atoms with Crippen molar-refractivity contribution >= 4 is 22.4 Å². The fourth-order valence-corrected chi connectivity index (χ4v) is 3.58. The Morgan fingerprint density at radius 2 is 2.15 bits per heavy atom. The molecule has 2 heterocycles. The van der Waals surface area contributed by atoms with Crippen LogP contribution in [0, 0.1) is 0 Å². The Morgan fingerprint density at radius 3 is 2.85 bits per heavy atom. The fraction of sp³-hybridized carbons (Fsp3) is 0.526. The normalized spacial score (nSPS) is 16.8. The maximum atomic E-state index is 12.0. The molecule has 1 aliphatic rings. The van der Waals surface area contributed by atoms with Gasteiger partial charge in [0.15, 0.2) is 0 Å². The summed E-state index contributed by atoms with van der Waals surface area (Å²) in [5.74, 6) is 1.27. The lowest BCUT2D eigenvalue weighted by Crippen LogP contribution is -2.12. The van der Waals surface area contributed by atoms with Crippen molar-refractivity contribution < 1.29 is 14.3 Å². The molecule has 7 heteroatoms. The first-order chi connectivity index (χ1) is 12.6. The van der Waals surface area contributed by atoms with Crippen LogP contribution in [0.5, 0.6) is 5.75 Å². The van der Waals surface area contributed by atoms with E-state index < -0.39 is 0 Å². The van der Waals surface area contributed by atoms with Crippen LogP contribution in [0.1, 0.15) is 62.1 Å². The molecule has 0 radical (unpaired) electrons. The third-order valence-electron chi connectivity index (χ3n) is 4.26. The van der Waals surface area contributed by atoms with Crippen LogP contribution >= 0.6 is 11.3 Å². The maximum absolute atomic E-state index is 12.0.